The Bertz CT molecular complexity index is 1370. The molecule has 5 rings (SSSR count). The molecule has 0 aliphatic carbocycles. The van der Waals surface area contributed by atoms with Crippen LogP contribution in [0.4, 0.5) is 13.2 Å². The van der Waals surface area contributed by atoms with E-state index in [-0.39, 0.29) is 31.6 Å². The zero-order valence-electron chi connectivity index (χ0n) is 23.0. The maximum atomic E-state index is 12.6. The zero-order chi connectivity index (χ0) is 28.4. The summed E-state index contributed by atoms with van der Waals surface area (Å²) in [5, 5.41) is 4.21. The molecule has 2 saturated heterocycles. The highest BCUT2D eigenvalue weighted by molar-refractivity contribution is 5.91. The SMILES string of the molecule is CCc1c(-c2ccnc(C)c2)[nH]c2ccc(C3CCN(CC(=O)NC4CCN(C(=O)C(F)(F)F)CC4)CC3)cc12. The minimum Gasteiger partial charge on any atom is -0.354 e. The van der Waals surface area contributed by atoms with Gasteiger partial charge in [0, 0.05) is 53.2 Å². The van der Waals surface area contributed by atoms with Crippen molar-refractivity contribution in [3.05, 3.63) is 53.3 Å². The molecule has 214 valence electrons. The largest absolute Gasteiger partial charge is 0.471 e. The van der Waals surface area contributed by atoms with Crippen LogP contribution in [0.25, 0.3) is 22.2 Å². The molecule has 0 bridgehead atoms. The maximum absolute atomic E-state index is 12.6. The summed E-state index contributed by atoms with van der Waals surface area (Å²) in [4.78, 5) is 35.0. The first-order valence-electron chi connectivity index (χ1n) is 14.1. The summed E-state index contributed by atoms with van der Waals surface area (Å²) in [7, 11) is 0. The quantitative estimate of drug-likeness (QED) is 0.451. The number of benzene rings is 1. The predicted octanol–water partition coefficient (Wildman–Crippen LogP) is 4.95. The second-order valence-corrected chi connectivity index (χ2v) is 11.0. The Kier molecular flexibility index (Phi) is 8.16. The van der Waals surface area contributed by atoms with Crippen molar-refractivity contribution in [3.63, 3.8) is 0 Å². The number of carbonyl (C=O) groups excluding carboxylic acids is 2. The van der Waals surface area contributed by atoms with Crippen LogP contribution in [0.2, 0.25) is 0 Å². The Morgan fingerprint density at radius 3 is 2.42 bits per heavy atom. The number of aromatic nitrogens is 2. The fraction of sp³-hybridized carbons (Fsp3) is 0.500. The van der Waals surface area contributed by atoms with E-state index in [1.807, 2.05) is 19.2 Å². The van der Waals surface area contributed by atoms with Crippen LogP contribution in [0.1, 0.15) is 55.3 Å². The minimum atomic E-state index is -4.85. The van der Waals surface area contributed by atoms with Crippen LogP contribution in [0, 0.1) is 6.92 Å². The topological polar surface area (TPSA) is 81.3 Å². The minimum absolute atomic E-state index is 0.00358. The number of rotatable bonds is 6. The molecule has 2 aliphatic rings. The molecule has 10 heteroatoms. The lowest BCUT2D eigenvalue weighted by molar-refractivity contribution is -0.186. The normalized spacial score (nSPS) is 17.9. The summed E-state index contributed by atoms with van der Waals surface area (Å²) in [6, 6.07) is 10.7. The third-order valence-electron chi connectivity index (χ3n) is 8.29. The summed E-state index contributed by atoms with van der Waals surface area (Å²) < 4.78 is 37.9. The van der Waals surface area contributed by atoms with Gasteiger partial charge < -0.3 is 15.2 Å². The molecule has 7 nitrogen and oxygen atoms in total. The first-order valence-corrected chi connectivity index (χ1v) is 14.1. The standard InChI is InChI=1S/C30H36F3N5O2/c1-3-24-25-17-21(4-5-26(25)36-28(24)22-6-11-34-19(2)16-22)20-7-12-37(13-8-20)18-27(39)35-23-9-14-38(15-10-23)29(40)30(31,32)33/h4-6,11,16-17,20,23,36H,3,7-10,12-15,18H2,1-2H3,(H,35,39). The number of pyridine rings is 1. The Hall–Kier alpha value is -3.40. The molecule has 2 aromatic heterocycles. The number of likely N-dealkylation sites (tertiary alicyclic amines) is 2. The fourth-order valence-electron chi connectivity index (χ4n) is 6.14. The molecule has 2 fully saturated rings. The Labute approximate surface area is 232 Å². The molecule has 0 saturated carbocycles. The average molecular weight is 556 g/mol. The van der Waals surface area contributed by atoms with Crippen molar-refractivity contribution in [1.29, 1.82) is 0 Å². The van der Waals surface area contributed by atoms with Gasteiger partial charge in [0.05, 0.1) is 6.54 Å². The van der Waals surface area contributed by atoms with Gasteiger partial charge >= 0.3 is 12.1 Å². The molecule has 2 amide bonds. The number of piperidine rings is 2. The van der Waals surface area contributed by atoms with E-state index in [4.69, 9.17) is 0 Å². The van der Waals surface area contributed by atoms with Crippen molar-refractivity contribution < 1.29 is 22.8 Å². The molecule has 2 aliphatic heterocycles. The van der Waals surface area contributed by atoms with E-state index < -0.39 is 12.1 Å². The average Bonchev–Trinajstić information content (AvgIpc) is 3.31. The number of alkyl halides is 3. The van der Waals surface area contributed by atoms with Gasteiger partial charge in [0.15, 0.2) is 0 Å². The van der Waals surface area contributed by atoms with E-state index in [1.165, 1.54) is 16.5 Å². The number of amides is 2. The van der Waals surface area contributed by atoms with E-state index in [2.05, 4.69) is 51.4 Å². The van der Waals surface area contributed by atoms with E-state index in [1.54, 1.807) is 0 Å². The Morgan fingerprint density at radius 1 is 1.05 bits per heavy atom. The Balaban J connectivity index is 1.14. The van der Waals surface area contributed by atoms with E-state index >= 15 is 0 Å². The van der Waals surface area contributed by atoms with Crippen molar-refractivity contribution in [2.45, 2.75) is 64.1 Å². The fourth-order valence-corrected chi connectivity index (χ4v) is 6.14. The van der Waals surface area contributed by atoms with Gasteiger partial charge in [0.25, 0.3) is 0 Å². The summed E-state index contributed by atoms with van der Waals surface area (Å²) in [5.41, 5.74) is 7.05. The highest BCUT2D eigenvalue weighted by atomic mass is 19.4. The number of fused-ring (bicyclic) bond motifs is 1. The molecule has 40 heavy (non-hydrogen) atoms. The number of aromatic amines is 1. The van der Waals surface area contributed by atoms with Gasteiger partial charge in [-0.25, -0.2) is 0 Å². The van der Waals surface area contributed by atoms with Gasteiger partial charge in [-0.3, -0.25) is 19.5 Å². The number of aryl methyl sites for hydroxylation is 2. The van der Waals surface area contributed by atoms with Crippen molar-refractivity contribution in [1.82, 2.24) is 25.1 Å². The van der Waals surface area contributed by atoms with Crippen LogP contribution >= 0.6 is 0 Å². The smallest absolute Gasteiger partial charge is 0.354 e. The van der Waals surface area contributed by atoms with Gasteiger partial charge in [-0.05, 0) is 93.4 Å². The number of halogens is 3. The number of nitrogens with zero attached hydrogens (tertiary/aromatic N) is 3. The highest BCUT2D eigenvalue weighted by Crippen LogP contribution is 2.35. The molecule has 1 aromatic carbocycles. The molecule has 4 heterocycles. The molecule has 2 N–H and O–H groups in total. The number of H-pyrrole nitrogens is 1. The van der Waals surface area contributed by atoms with Crippen molar-refractivity contribution in [2.24, 2.45) is 0 Å². The third-order valence-corrected chi connectivity index (χ3v) is 8.29. The van der Waals surface area contributed by atoms with Gasteiger partial charge in [0.2, 0.25) is 5.91 Å². The van der Waals surface area contributed by atoms with Crippen LogP contribution in [0.15, 0.2) is 36.5 Å². The van der Waals surface area contributed by atoms with Crippen molar-refractivity contribution >= 4 is 22.7 Å². The maximum Gasteiger partial charge on any atom is 0.471 e. The molecular weight excluding hydrogens is 519 g/mol. The molecule has 0 unspecified atom stereocenters. The lowest BCUT2D eigenvalue weighted by Gasteiger charge is -2.34. The molecule has 3 aromatic rings. The third kappa shape index (κ3) is 6.16. The van der Waals surface area contributed by atoms with Gasteiger partial charge in [-0.2, -0.15) is 13.2 Å². The second-order valence-electron chi connectivity index (χ2n) is 11.0. The first kappa shape index (κ1) is 28.1. The van der Waals surface area contributed by atoms with Crippen LogP contribution in [-0.2, 0) is 16.0 Å². The van der Waals surface area contributed by atoms with Crippen LogP contribution < -0.4 is 5.32 Å². The first-order chi connectivity index (χ1) is 19.1. The molecular formula is C30H36F3N5O2. The number of nitrogens with one attached hydrogen (secondary N) is 2. The van der Waals surface area contributed by atoms with Crippen LogP contribution in [0.5, 0.6) is 0 Å². The summed E-state index contributed by atoms with van der Waals surface area (Å²) in [5.74, 6) is -1.49. The molecule has 0 radical (unpaired) electrons. The highest BCUT2D eigenvalue weighted by Gasteiger charge is 2.43. The van der Waals surface area contributed by atoms with Crippen molar-refractivity contribution in [2.75, 3.05) is 32.7 Å². The lowest BCUT2D eigenvalue weighted by Crippen LogP contribution is -2.51. The van der Waals surface area contributed by atoms with Gasteiger partial charge in [0.1, 0.15) is 0 Å². The molecule has 0 spiro atoms. The number of hydrogen-bond acceptors (Lipinski definition) is 4. The van der Waals surface area contributed by atoms with Crippen molar-refractivity contribution in [3.8, 4) is 11.3 Å². The Morgan fingerprint density at radius 2 is 1.77 bits per heavy atom. The molecule has 0 atom stereocenters. The zero-order valence-corrected chi connectivity index (χ0v) is 23.0. The summed E-state index contributed by atoms with van der Waals surface area (Å²) in [6.07, 6.45) is 0.497. The number of carbonyl (C=O) groups is 2. The summed E-state index contributed by atoms with van der Waals surface area (Å²) in [6.45, 7) is 6.09. The van der Waals surface area contributed by atoms with Gasteiger partial charge in [-0.15, -0.1) is 0 Å². The monoisotopic (exact) mass is 555 g/mol. The summed E-state index contributed by atoms with van der Waals surface area (Å²) >= 11 is 0. The van der Waals surface area contributed by atoms with E-state index in [0.29, 0.717) is 18.8 Å². The predicted molar refractivity (Wildman–Crippen MR) is 148 cm³/mol. The second kappa shape index (κ2) is 11.6. The van der Waals surface area contributed by atoms with Crippen LogP contribution in [-0.4, -0.2) is 76.5 Å². The number of hydrogen-bond donors (Lipinski definition) is 2. The van der Waals surface area contributed by atoms with E-state index in [9.17, 15) is 22.8 Å². The lowest BCUT2D eigenvalue weighted by atomic mass is 9.88. The van der Waals surface area contributed by atoms with E-state index in [0.717, 1.165) is 59.7 Å². The van der Waals surface area contributed by atoms with Crippen LogP contribution in [0.3, 0.4) is 0 Å². The van der Waals surface area contributed by atoms with Gasteiger partial charge in [-0.1, -0.05) is 13.0 Å².